The summed E-state index contributed by atoms with van der Waals surface area (Å²) in [5.41, 5.74) is 2.60. The van der Waals surface area contributed by atoms with E-state index in [0.717, 1.165) is 0 Å². The predicted molar refractivity (Wildman–Crippen MR) is 78.3 cm³/mol. The molecule has 0 fully saturated rings. The van der Waals surface area contributed by atoms with E-state index < -0.39 is 5.97 Å². The second-order valence-electron chi connectivity index (χ2n) is 4.30. The van der Waals surface area contributed by atoms with Gasteiger partial charge in [0.05, 0.1) is 0 Å². The minimum atomic E-state index is -0.935. The highest BCUT2D eigenvalue weighted by atomic mass is 16.4. The summed E-state index contributed by atoms with van der Waals surface area (Å²) in [7, 11) is 0. The molecule has 3 aromatic rings. The number of carboxylic acid groups (broad SMARTS) is 1. The van der Waals surface area contributed by atoms with Crippen LogP contribution in [0.3, 0.4) is 0 Å². The number of rotatable bonds is 1. The molecule has 96 valence electrons. The third kappa shape index (κ3) is 2.83. The fraction of sp³-hybridized carbons (Fsp3) is 0.0625. The normalized spacial score (nSPS) is 9.95. The summed E-state index contributed by atoms with van der Waals surface area (Å²) in [6, 6.07) is 16.8. The lowest BCUT2D eigenvalue weighted by molar-refractivity contribution is -0.132. The first-order valence-electron chi connectivity index (χ1n) is 5.94. The number of hydrogen-bond acceptors (Lipinski definition) is 1. The summed E-state index contributed by atoms with van der Waals surface area (Å²) in [4.78, 5) is 13.0. The zero-order valence-electron chi connectivity index (χ0n) is 10.7. The Kier molecular flexibility index (Phi) is 3.66. The molecule has 3 heteroatoms. The first-order valence-corrected chi connectivity index (χ1v) is 5.94. The lowest BCUT2D eigenvalue weighted by Gasteiger charge is -1.87. The lowest BCUT2D eigenvalue weighted by Crippen LogP contribution is -1.92. The van der Waals surface area contributed by atoms with Gasteiger partial charge in [-0.25, -0.2) is 4.79 Å². The smallest absolute Gasteiger partial charge is 0.330 e. The Balaban J connectivity index is 0.000000192. The molecule has 3 rings (SSSR count). The molecule has 19 heavy (non-hydrogen) atoms. The topological polar surface area (TPSA) is 53.1 Å². The quantitative estimate of drug-likeness (QED) is 0.645. The molecule has 2 aromatic carbocycles. The minimum Gasteiger partial charge on any atom is -0.478 e. The van der Waals surface area contributed by atoms with E-state index in [1.807, 2.05) is 0 Å². The molecule has 0 bridgehead atoms. The van der Waals surface area contributed by atoms with E-state index in [1.54, 1.807) is 0 Å². The second kappa shape index (κ2) is 5.40. The van der Waals surface area contributed by atoms with Crippen LogP contribution in [-0.2, 0) is 4.79 Å². The number of aromatic nitrogens is 1. The van der Waals surface area contributed by atoms with E-state index in [-0.39, 0.29) is 5.57 Å². The Bertz CT molecular complexity index is 678. The third-order valence-electron chi connectivity index (χ3n) is 2.78. The van der Waals surface area contributed by atoms with Crippen LogP contribution in [0.15, 0.2) is 60.7 Å². The largest absolute Gasteiger partial charge is 0.478 e. The van der Waals surface area contributed by atoms with Crippen molar-refractivity contribution >= 4 is 27.8 Å². The predicted octanol–water partition coefficient (Wildman–Crippen LogP) is 3.97. The van der Waals surface area contributed by atoms with Gasteiger partial charge in [0.15, 0.2) is 0 Å². The van der Waals surface area contributed by atoms with Gasteiger partial charge in [0.25, 0.3) is 0 Å². The fourth-order valence-electron chi connectivity index (χ4n) is 1.80. The highest BCUT2D eigenvalue weighted by Gasteiger charge is 2.00. The standard InChI is InChI=1S/C12H9N.C4H6O2/c1-3-7-11-9(5-1)10-6-2-4-8-12(10)13-11;1-3(2)4(5)6/h1-8,13H;1H2,2H3,(H,5,6). The summed E-state index contributed by atoms with van der Waals surface area (Å²) >= 11 is 0. The fourth-order valence-corrected chi connectivity index (χ4v) is 1.80. The van der Waals surface area contributed by atoms with Gasteiger partial charge >= 0.3 is 5.97 Å². The van der Waals surface area contributed by atoms with Crippen molar-refractivity contribution in [3.63, 3.8) is 0 Å². The van der Waals surface area contributed by atoms with E-state index in [1.165, 1.54) is 28.7 Å². The van der Waals surface area contributed by atoms with Crippen LogP contribution in [0.25, 0.3) is 21.8 Å². The molecular formula is C16H15NO2. The maximum atomic E-state index is 9.60. The van der Waals surface area contributed by atoms with E-state index in [0.29, 0.717) is 0 Å². The molecule has 0 aliphatic carbocycles. The van der Waals surface area contributed by atoms with Gasteiger partial charge in [-0.2, -0.15) is 0 Å². The molecule has 0 saturated heterocycles. The number of aromatic amines is 1. The molecule has 0 spiro atoms. The monoisotopic (exact) mass is 253 g/mol. The molecule has 1 aromatic heterocycles. The molecule has 0 aliphatic rings. The number of fused-ring (bicyclic) bond motifs is 3. The van der Waals surface area contributed by atoms with Crippen molar-refractivity contribution in [2.24, 2.45) is 0 Å². The molecule has 0 atom stereocenters. The molecule has 1 heterocycles. The number of benzene rings is 2. The summed E-state index contributed by atoms with van der Waals surface area (Å²) < 4.78 is 0. The van der Waals surface area contributed by atoms with Crippen molar-refractivity contribution < 1.29 is 9.90 Å². The third-order valence-corrected chi connectivity index (χ3v) is 2.78. The van der Waals surface area contributed by atoms with E-state index in [2.05, 4.69) is 60.1 Å². The number of para-hydroxylation sites is 2. The van der Waals surface area contributed by atoms with Crippen LogP contribution in [0, 0.1) is 0 Å². The Hall–Kier alpha value is -2.55. The Morgan fingerprint density at radius 3 is 1.74 bits per heavy atom. The van der Waals surface area contributed by atoms with Crippen LogP contribution in [-0.4, -0.2) is 16.1 Å². The van der Waals surface area contributed by atoms with Crippen LogP contribution in [0.5, 0.6) is 0 Å². The molecule has 2 N–H and O–H groups in total. The Morgan fingerprint density at radius 2 is 1.37 bits per heavy atom. The molecule has 3 nitrogen and oxygen atoms in total. The SMILES string of the molecule is C=C(C)C(=O)O.c1ccc2c(c1)[nH]c1ccccc12. The first-order chi connectivity index (χ1) is 9.09. The number of carbonyl (C=O) groups is 1. The van der Waals surface area contributed by atoms with Gasteiger partial charge in [0.2, 0.25) is 0 Å². The van der Waals surface area contributed by atoms with Gasteiger partial charge in [-0.3, -0.25) is 0 Å². The maximum Gasteiger partial charge on any atom is 0.330 e. The van der Waals surface area contributed by atoms with Crippen LogP contribution in [0.4, 0.5) is 0 Å². The number of hydrogen-bond donors (Lipinski definition) is 2. The Morgan fingerprint density at radius 1 is 1.00 bits per heavy atom. The van der Waals surface area contributed by atoms with E-state index >= 15 is 0 Å². The second-order valence-corrected chi connectivity index (χ2v) is 4.30. The molecule has 0 saturated carbocycles. The molecular weight excluding hydrogens is 238 g/mol. The number of H-pyrrole nitrogens is 1. The summed E-state index contributed by atoms with van der Waals surface area (Å²) in [6.45, 7) is 4.60. The zero-order chi connectivity index (χ0) is 13.8. The van der Waals surface area contributed by atoms with Crippen molar-refractivity contribution in [2.75, 3.05) is 0 Å². The van der Waals surface area contributed by atoms with Gasteiger partial charge in [-0.1, -0.05) is 43.0 Å². The maximum absolute atomic E-state index is 9.60. The van der Waals surface area contributed by atoms with Crippen LogP contribution >= 0.6 is 0 Å². The minimum absolute atomic E-state index is 0.176. The highest BCUT2D eigenvalue weighted by Crippen LogP contribution is 2.24. The van der Waals surface area contributed by atoms with Crippen LogP contribution in [0.2, 0.25) is 0 Å². The number of nitrogens with one attached hydrogen (secondary N) is 1. The first kappa shape index (κ1) is 12.9. The van der Waals surface area contributed by atoms with Crippen LogP contribution in [0.1, 0.15) is 6.92 Å². The van der Waals surface area contributed by atoms with Crippen molar-refractivity contribution in [1.29, 1.82) is 0 Å². The molecule has 0 amide bonds. The van der Waals surface area contributed by atoms with Gasteiger partial charge in [0, 0.05) is 27.4 Å². The van der Waals surface area contributed by atoms with Crippen molar-refractivity contribution in [3.8, 4) is 0 Å². The highest BCUT2D eigenvalue weighted by molar-refractivity contribution is 6.06. The van der Waals surface area contributed by atoms with E-state index in [4.69, 9.17) is 5.11 Å². The van der Waals surface area contributed by atoms with Crippen LogP contribution < -0.4 is 0 Å². The number of aliphatic carboxylic acids is 1. The zero-order valence-corrected chi connectivity index (χ0v) is 10.7. The van der Waals surface area contributed by atoms with Crippen molar-refractivity contribution in [2.45, 2.75) is 6.92 Å². The van der Waals surface area contributed by atoms with Gasteiger partial charge in [-0.05, 0) is 19.1 Å². The van der Waals surface area contributed by atoms with Gasteiger partial charge < -0.3 is 10.1 Å². The van der Waals surface area contributed by atoms with Crippen molar-refractivity contribution in [3.05, 3.63) is 60.7 Å². The Labute approximate surface area is 111 Å². The molecule has 0 unspecified atom stereocenters. The molecule has 0 radical (unpaired) electrons. The lowest BCUT2D eigenvalue weighted by atomic mass is 10.2. The van der Waals surface area contributed by atoms with E-state index in [9.17, 15) is 4.79 Å². The summed E-state index contributed by atoms with van der Waals surface area (Å²) in [5, 5.41) is 10.5. The van der Waals surface area contributed by atoms with Crippen molar-refractivity contribution in [1.82, 2.24) is 4.98 Å². The molecule has 0 aliphatic heterocycles. The summed E-state index contributed by atoms with van der Waals surface area (Å²) in [5.74, 6) is -0.935. The van der Waals surface area contributed by atoms with Gasteiger partial charge in [0.1, 0.15) is 0 Å². The average molecular weight is 253 g/mol. The average Bonchev–Trinajstić information content (AvgIpc) is 2.78. The summed E-state index contributed by atoms with van der Waals surface area (Å²) in [6.07, 6.45) is 0. The number of carboxylic acids is 1. The van der Waals surface area contributed by atoms with Gasteiger partial charge in [-0.15, -0.1) is 0 Å².